The Labute approximate surface area is 187 Å². The number of carbonyl (C=O) groups excluding carboxylic acids is 1. The minimum absolute atomic E-state index is 0.0435. The minimum atomic E-state index is -0.604. The summed E-state index contributed by atoms with van der Waals surface area (Å²) in [6.45, 7) is 3.39. The lowest BCUT2D eigenvalue weighted by Crippen LogP contribution is -2.28. The third kappa shape index (κ3) is 4.89. The molecule has 170 valence electrons. The van der Waals surface area contributed by atoms with Crippen molar-refractivity contribution in [2.75, 3.05) is 36.5 Å². The van der Waals surface area contributed by atoms with Gasteiger partial charge in [0.05, 0.1) is 12.3 Å². The summed E-state index contributed by atoms with van der Waals surface area (Å²) in [7, 11) is 0. The van der Waals surface area contributed by atoms with Crippen LogP contribution in [0.4, 0.5) is 20.6 Å². The van der Waals surface area contributed by atoms with E-state index >= 15 is 0 Å². The van der Waals surface area contributed by atoms with E-state index in [4.69, 9.17) is 14.2 Å². The molecular formula is C25H29FN2O4. The molecule has 0 spiro atoms. The van der Waals surface area contributed by atoms with E-state index in [0.717, 1.165) is 44.7 Å². The molecule has 0 aromatic heterocycles. The molecule has 0 bridgehead atoms. The molecular weight excluding hydrogens is 411 g/mol. The molecule has 1 saturated carbocycles. The molecule has 2 saturated heterocycles. The van der Waals surface area contributed by atoms with E-state index in [1.165, 1.54) is 12.5 Å². The largest absolute Gasteiger partial charge is 0.444 e. The van der Waals surface area contributed by atoms with Crippen LogP contribution in [-0.2, 0) is 20.8 Å². The maximum Gasteiger partial charge on any atom is 0.411 e. The van der Waals surface area contributed by atoms with E-state index in [9.17, 15) is 9.18 Å². The summed E-state index contributed by atoms with van der Waals surface area (Å²) in [5, 5.41) is 2.60. The Balaban J connectivity index is 1.08. The summed E-state index contributed by atoms with van der Waals surface area (Å²) in [6.07, 6.45) is 2.63. The monoisotopic (exact) mass is 440 g/mol. The van der Waals surface area contributed by atoms with Crippen LogP contribution in [0.15, 0.2) is 48.5 Å². The average Bonchev–Trinajstić information content (AvgIpc) is 3.26. The lowest BCUT2D eigenvalue weighted by atomic mass is 10.2. The molecule has 3 fully saturated rings. The van der Waals surface area contributed by atoms with Gasteiger partial charge in [-0.2, -0.15) is 0 Å². The smallest absolute Gasteiger partial charge is 0.411 e. The highest BCUT2D eigenvalue weighted by Gasteiger charge is 2.56. The third-order valence-electron chi connectivity index (χ3n) is 6.73. The van der Waals surface area contributed by atoms with Crippen molar-refractivity contribution < 1.29 is 23.4 Å². The molecule has 1 N–H and O–H groups in total. The number of hydrogen-bond donors (Lipinski definition) is 1. The highest BCUT2D eigenvalue weighted by Crippen LogP contribution is 2.53. The summed E-state index contributed by atoms with van der Waals surface area (Å²) in [6, 6.07) is 14.2. The topological polar surface area (TPSA) is 60.0 Å². The molecule has 2 aromatic rings. The molecule has 7 heteroatoms. The second-order valence-corrected chi connectivity index (χ2v) is 8.88. The first-order chi connectivity index (χ1) is 15.7. The van der Waals surface area contributed by atoms with Gasteiger partial charge in [0.25, 0.3) is 0 Å². The van der Waals surface area contributed by atoms with E-state index in [-0.39, 0.29) is 18.7 Å². The van der Waals surface area contributed by atoms with Crippen molar-refractivity contribution >= 4 is 17.5 Å². The second-order valence-electron chi connectivity index (χ2n) is 8.88. The number of carbonyl (C=O) groups is 1. The highest BCUT2D eigenvalue weighted by molar-refractivity contribution is 5.85. The number of piperidine rings is 1. The van der Waals surface area contributed by atoms with Crippen LogP contribution in [0.5, 0.6) is 0 Å². The number of hydrogen-bond acceptors (Lipinski definition) is 5. The molecule has 0 radical (unpaired) electrons. The second kappa shape index (κ2) is 9.46. The van der Waals surface area contributed by atoms with Gasteiger partial charge in [-0.1, -0.05) is 30.3 Å². The van der Waals surface area contributed by atoms with E-state index in [1.807, 2.05) is 30.3 Å². The minimum Gasteiger partial charge on any atom is -0.444 e. The van der Waals surface area contributed by atoms with Gasteiger partial charge in [0.15, 0.2) is 6.29 Å². The first kappa shape index (κ1) is 21.2. The summed E-state index contributed by atoms with van der Waals surface area (Å²) in [5.74, 6) is 1.34. The van der Waals surface area contributed by atoms with Gasteiger partial charge in [-0.05, 0) is 60.8 Å². The van der Waals surface area contributed by atoms with Gasteiger partial charge in [-0.3, -0.25) is 5.32 Å². The zero-order valence-electron chi connectivity index (χ0n) is 18.0. The summed E-state index contributed by atoms with van der Waals surface area (Å²) in [4.78, 5) is 14.1. The normalized spacial score (nSPS) is 26.5. The first-order valence-electron chi connectivity index (χ1n) is 11.4. The van der Waals surface area contributed by atoms with Crippen LogP contribution in [0.25, 0.3) is 0 Å². The van der Waals surface area contributed by atoms with Gasteiger partial charge in [-0.25, -0.2) is 9.18 Å². The summed E-state index contributed by atoms with van der Waals surface area (Å²) >= 11 is 0. The van der Waals surface area contributed by atoms with E-state index < -0.39 is 6.09 Å². The predicted octanol–water partition coefficient (Wildman–Crippen LogP) is 4.80. The molecule has 1 aliphatic carbocycles. The molecule has 4 atom stereocenters. The number of rotatable bonds is 7. The Morgan fingerprint density at radius 2 is 1.94 bits per heavy atom. The van der Waals surface area contributed by atoms with Crippen LogP contribution in [-0.4, -0.2) is 38.7 Å². The van der Waals surface area contributed by atoms with Crippen LogP contribution in [0.3, 0.4) is 0 Å². The van der Waals surface area contributed by atoms with E-state index in [0.29, 0.717) is 29.1 Å². The number of ether oxygens (including phenoxy) is 3. The van der Waals surface area contributed by atoms with Crippen molar-refractivity contribution in [2.24, 2.45) is 17.8 Å². The predicted molar refractivity (Wildman–Crippen MR) is 119 cm³/mol. The van der Waals surface area contributed by atoms with Crippen molar-refractivity contribution in [1.29, 1.82) is 0 Å². The summed E-state index contributed by atoms with van der Waals surface area (Å²) in [5.41, 5.74) is 1.86. The van der Waals surface area contributed by atoms with Gasteiger partial charge >= 0.3 is 6.09 Å². The van der Waals surface area contributed by atoms with Gasteiger partial charge in [0.2, 0.25) is 0 Å². The van der Waals surface area contributed by atoms with Gasteiger partial charge in [0.1, 0.15) is 12.4 Å². The number of nitrogens with zero attached hydrogens (tertiary/aromatic N) is 1. The summed E-state index contributed by atoms with van der Waals surface area (Å²) < 4.78 is 31.5. The molecule has 2 unspecified atom stereocenters. The zero-order chi connectivity index (χ0) is 21.9. The molecule has 1 amide bonds. The lowest BCUT2D eigenvalue weighted by Gasteiger charge is -2.25. The number of anilines is 2. The van der Waals surface area contributed by atoms with Crippen LogP contribution in [0, 0.1) is 23.6 Å². The highest BCUT2D eigenvalue weighted by atomic mass is 19.1. The lowest BCUT2D eigenvalue weighted by molar-refractivity contribution is -0.165. The Morgan fingerprint density at radius 1 is 1.12 bits per heavy atom. The number of fused-ring (bicyclic) bond motifs is 1. The van der Waals surface area contributed by atoms with Crippen LogP contribution >= 0.6 is 0 Å². The molecule has 2 aliphatic heterocycles. The van der Waals surface area contributed by atoms with Crippen molar-refractivity contribution in [1.82, 2.24) is 0 Å². The first-order valence-corrected chi connectivity index (χ1v) is 11.4. The number of nitrogens with one attached hydrogen (secondary N) is 1. The molecule has 32 heavy (non-hydrogen) atoms. The molecule has 2 aromatic carbocycles. The van der Waals surface area contributed by atoms with Gasteiger partial charge in [-0.15, -0.1) is 0 Å². The SMILES string of the molecule is O=C(Nc1ccc(N2C[C@@H]3C(COC4CCCCO4)[C@@H]3C2)c(F)c1)OCc1ccccc1. The number of amides is 1. The zero-order valence-corrected chi connectivity index (χ0v) is 18.0. The van der Waals surface area contributed by atoms with Crippen molar-refractivity contribution in [3.63, 3.8) is 0 Å². The Bertz CT molecular complexity index is 923. The van der Waals surface area contributed by atoms with Crippen molar-refractivity contribution in [2.45, 2.75) is 32.2 Å². The number of benzene rings is 2. The maximum absolute atomic E-state index is 14.8. The fraction of sp³-hybridized carbons (Fsp3) is 0.480. The molecule has 6 nitrogen and oxygen atoms in total. The molecule has 3 aliphatic rings. The van der Waals surface area contributed by atoms with Gasteiger partial charge in [0, 0.05) is 25.4 Å². The fourth-order valence-corrected chi connectivity index (χ4v) is 4.87. The standard InChI is InChI=1S/C25H29FN2O4/c26-22-12-18(27-25(29)32-15-17-6-2-1-3-7-17)9-10-23(22)28-13-19-20(14-28)21(19)16-31-24-8-4-5-11-30-24/h1-3,6-7,9-10,12,19-21,24H,4-5,8,11,13-16H2,(H,27,29)/t19-,20+,21?,24?. The molecule has 5 rings (SSSR count). The van der Waals surface area contributed by atoms with E-state index in [1.54, 1.807) is 12.1 Å². The average molecular weight is 441 g/mol. The molecule has 2 heterocycles. The fourth-order valence-electron chi connectivity index (χ4n) is 4.87. The number of halogens is 1. The Hall–Kier alpha value is -2.64. The van der Waals surface area contributed by atoms with E-state index in [2.05, 4.69) is 10.2 Å². The van der Waals surface area contributed by atoms with Crippen LogP contribution < -0.4 is 10.2 Å². The quantitative estimate of drug-likeness (QED) is 0.670. The Kier molecular flexibility index (Phi) is 6.28. The van der Waals surface area contributed by atoms with Crippen LogP contribution in [0.2, 0.25) is 0 Å². The Morgan fingerprint density at radius 3 is 2.66 bits per heavy atom. The van der Waals surface area contributed by atoms with Gasteiger partial charge < -0.3 is 19.1 Å². The van der Waals surface area contributed by atoms with Crippen molar-refractivity contribution in [3.05, 3.63) is 59.9 Å². The third-order valence-corrected chi connectivity index (χ3v) is 6.73. The van der Waals surface area contributed by atoms with Crippen LogP contribution in [0.1, 0.15) is 24.8 Å². The van der Waals surface area contributed by atoms with Crippen molar-refractivity contribution in [3.8, 4) is 0 Å². The maximum atomic E-state index is 14.8.